The lowest BCUT2D eigenvalue weighted by Crippen LogP contribution is -2.37. The third-order valence-corrected chi connectivity index (χ3v) is 5.16. The van der Waals surface area contributed by atoms with Gasteiger partial charge in [0.1, 0.15) is 5.82 Å². The number of hydrogen-bond acceptors (Lipinski definition) is 5. The summed E-state index contributed by atoms with van der Waals surface area (Å²) in [5, 5.41) is 11.2. The number of nitrogen functional groups attached to an aromatic ring is 1. The molecule has 1 aromatic carbocycles. The maximum Gasteiger partial charge on any atom is 0.233 e. The SMILES string of the molecule is C[C@@H](Sc1nnc(-c2cccc(F)c2)n1N)C(=O)NC1CCCC1. The van der Waals surface area contributed by atoms with E-state index in [4.69, 9.17) is 5.84 Å². The second kappa shape index (κ2) is 7.21. The van der Waals surface area contributed by atoms with Crippen LogP contribution in [-0.4, -0.2) is 32.1 Å². The number of thioether (sulfide) groups is 1. The van der Waals surface area contributed by atoms with Crippen molar-refractivity contribution in [2.75, 3.05) is 5.84 Å². The zero-order valence-corrected chi connectivity index (χ0v) is 14.2. The Bertz CT molecular complexity index is 729. The Kier molecular flexibility index (Phi) is 5.03. The van der Waals surface area contributed by atoms with E-state index >= 15 is 0 Å². The zero-order chi connectivity index (χ0) is 17.1. The largest absolute Gasteiger partial charge is 0.352 e. The van der Waals surface area contributed by atoms with Gasteiger partial charge >= 0.3 is 0 Å². The first kappa shape index (κ1) is 16.8. The van der Waals surface area contributed by atoms with Crippen molar-refractivity contribution in [3.63, 3.8) is 0 Å². The molecule has 0 saturated heterocycles. The minimum atomic E-state index is -0.367. The molecule has 0 unspecified atom stereocenters. The maximum atomic E-state index is 13.3. The van der Waals surface area contributed by atoms with Gasteiger partial charge in [-0.2, -0.15) is 0 Å². The molecule has 0 radical (unpaired) electrons. The second-order valence-corrected chi connectivity index (χ2v) is 7.24. The van der Waals surface area contributed by atoms with Gasteiger partial charge in [-0.3, -0.25) is 4.79 Å². The van der Waals surface area contributed by atoms with Crippen LogP contribution in [0.2, 0.25) is 0 Å². The van der Waals surface area contributed by atoms with Crippen LogP contribution < -0.4 is 11.2 Å². The average Bonchev–Trinajstić information content (AvgIpc) is 3.18. The molecule has 0 spiro atoms. The molecule has 1 fully saturated rings. The summed E-state index contributed by atoms with van der Waals surface area (Å²) in [6.07, 6.45) is 4.42. The highest BCUT2D eigenvalue weighted by Gasteiger charge is 2.23. The highest BCUT2D eigenvalue weighted by Crippen LogP contribution is 2.26. The predicted octanol–water partition coefficient (Wildman–Crippen LogP) is 2.34. The Hall–Kier alpha value is -2.09. The van der Waals surface area contributed by atoms with Crippen molar-refractivity contribution < 1.29 is 9.18 Å². The predicted molar refractivity (Wildman–Crippen MR) is 91.3 cm³/mol. The van der Waals surface area contributed by atoms with Crippen LogP contribution in [0.25, 0.3) is 11.4 Å². The molecule has 1 heterocycles. The second-order valence-electron chi connectivity index (χ2n) is 5.94. The summed E-state index contributed by atoms with van der Waals surface area (Å²) in [6.45, 7) is 1.81. The molecule has 0 aliphatic heterocycles. The molecular weight excluding hydrogens is 329 g/mol. The van der Waals surface area contributed by atoms with Crippen LogP contribution in [0.3, 0.4) is 0 Å². The summed E-state index contributed by atoms with van der Waals surface area (Å²) in [5.74, 6) is 5.98. The fourth-order valence-corrected chi connectivity index (χ4v) is 3.56. The molecule has 1 aliphatic rings. The van der Waals surface area contributed by atoms with Crippen molar-refractivity contribution in [1.82, 2.24) is 20.2 Å². The third kappa shape index (κ3) is 3.69. The number of nitrogens with zero attached hydrogens (tertiary/aromatic N) is 3. The zero-order valence-electron chi connectivity index (χ0n) is 13.4. The van der Waals surface area contributed by atoms with Gasteiger partial charge in [-0.05, 0) is 31.9 Å². The van der Waals surface area contributed by atoms with Crippen LogP contribution in [0.5, 0.6) is 0 Å². The Morgan fingerprint density at radius 1 is 1.42 bits per heavy atom. The first-order valence-corrected chi connectivity index (χ1v) is 8.86. The minimum absolute atomic E-state index is 0.0257. The standard InChI is InChI=1S/C16H20FN5OS/c1-10(15(23)19-13-7-2-3-8-13)24-16-21-20-14(22(16)18)11-5-4-6-12(17)9-11/h4-6,9-10,13H,2-3,7-8,18H2,1H3,(H,19,23)/t10-/m1/s1. The first-order chi connectivity index (χ1) is 11.5. The molecule has 24 heavy (non-hydrogen) atoms. The van der Waals surface area contributed by atoms with Crippen LogP contribution in [0, 0.1) is 5.82 Å². The number of halogens is 1. The number of hydrogen-bond donors (Lipinski definition) is 2. The summed E-state index contributed by atoms with van der Waals surface area (Å²) >= 11 is 1.24. The molecule has 0 bridgehead atoms. The Morgan fingerprint density at radius 2 is 2.17 bits per heavy atom. The molecule has 128 valence electrons. The number of rotatable bonds is 5. The van der Waals surface area contributed by atoms with Gasteiger partial charge < -0.3 is 11.2 Å². The van der Waals surface area contributed by atoms with Crippen LogP contribution in [0.1, 0.15) is 32.6 Å². The van der Waals surface area contributed by atoms with Crippen molar-refractivity contribution >= 4 is 17.7 Å². The number of benzene rings is 1. The normalized spacial score (nSPS) is 16.2. The van der Waals surface area contributed by atoms with Gasteiger partial charge in [0.2, 0.25) is 11.1 Å². The maximum absolute atomic E-state index is 13.3. The Balaban J connectivity index is 1.68. The molecule has 3 rings (SSSR count). The highest BCUT2D eigenvalue weighted by atomic mass is 32.2. The summed E-state index contributed by atoms with van der Waals surface area (Å²) in [4.78, 5) is 12.3. The number of carbonyl (C=O) groups is 1. The molecule has 8 heteroatoms. The van der Waals surface area contributed by atoms with Crippen molar-refractivity contribution in [3.8, 4) is 11.4 Å². The quantitative estimate of drug-likeness (QED) is 0.639. The molecule has 2 aromatic rings. The highest BCUT2D eigenvalue weighted by molar-refractivity contribution is 8.00. The van der Waals surface area contributed by atoms with Crippen LogP contribution >= 0.6 is 11.8 Å². The number of amides is 1. The Morgan fingerprint density at radius 3 is 2.88 bits per heavy atom. The lowest BCUT2D eigenvalue weighted by molar-refractivity contribution is -0.120. The molecule has 1 saturated carbocycles. The van der Waals surface area contributed by atoms with E-state index in [9.17, 15) is 9.18 Å². The van der Waals surface area contributed by atoms with Gasteiger partial charge in [-0.15, -0.1) is 10.2 Å². The molecule has 1 atom stereocenters. The fraction of sp³-hybridized carbons (Fsp3) is 0.438. The van der Waals surface area contributed by atoms with E-state index in [0.717, 1.165) is 12.8 Å². The van der Waals surface area contributed by atoms with Crippen molar-refractivity contribution in [2.24, 2.45) is 0 Å². The number of nitrogens with one attached hydrogen (secondary N) is 1. The van der Waals surface area contributed by atoms with Crippen LogP contribution in [0.15, 0.2) is 29.4 Å². The summed E-state index contributed by atoms with van der Waals surface area (Å²) in [7, 11) is 0. The van der Waals surface area contributed by atoms with Crippen molar-refractivity contribution in [1.29, 1.82) is 0 Å². The monoisotopic (exact) mass is 349 g/mol. The van der Waals surface area contributed by atoms with E-state index < -0.39 is 0 Å². The molecule has 1 amide bonds. The summed E-state index contributed by atoms with van der Waals surface area (Å²) < 4.78 is 14.6. The summed E-state index contributed by atoms with van der Waals surface area (Å²) in [6, 6.07) is 6.27. The number of nitrogens with two attached hydrogens (primary N) is 1. The van der Waals surface area contributed by atoms with Crippen LogP contribution in [0.4, 0.5) is 4.39 Å². The van der Waals surface area contributed by atoms with Gasteiger partial charge in [0.25, 0.3) is 0 Å². The molecule has 6 nitrogen and oxygen atoms in total. The van der Waals surface area contributed by atoms with Gasteiger partial charge in [-0.25, -0.2) is 9.07 Å². The minimum Gasteiger partial charge on any atom is -0.352 e. The molecule has 3 N–H and O–H groups in total. The van der Waals surface area contributed by atoms with Gasteiger partial charge in [0.15, 0.2) is 5.82 Å². The molecule has 1 aliphatic carbocycles. The van der Waals surface area contributed by atoms with Gasteiger partial charge in [0, 0.05) is 11.6 Å². The lowest BCUT2D eigenvalue weighted by atomic mass is 10.2. The Labute approximate surface area is 144 Å². The third-order valence-electron chi connectivity index (χ3n) is 4.10. The average molecular weight is 349 g/mol. The molecular formula is C16H20FN5OS. The van der Waals surface area contributed by atoms with Crippen molar-refractivity contribution in [2.45, 2.75) is 49.1 Å². The van der Waals surface area contributed by atoms with E-state index in [2.05, 4.69) is 15.5 Å². The lowest BCUT2D eigenvalue weighted by Gasteiger charge is -2.15. The number of aromatic nitrogens is 3. The molecule has 1 aromatic heterocycles. The number of carbonyl (C=O) groups excluding carboxylic acids is 1. The summed E-state index contributed by atoms with van der Waals surface area (Å²) in [5.41, 5.74) is 0.542. The van der Waals surface area contributed by atoms with E-state index in [0.29, 0.717) is 16.5 Å². The van der Waals surface area contributed by atoms with E-state index in [1.165, 1.54) is 41.4 Å². The van der Waals surface area contributed by atoms with Crippen LogP contribution in [-0.2, 0) is 4.79 Å². The van der Waals surface area contributed by atoms with E-state index in [1.807, 2.05) is 6.92 Å². The fourth-order valence-electron chi connectivity index (χ4n) is 2.78. The van der Waals surface area contributed by atoms with E-state index in [-0.39, 0.29) is 23.0 Å². The van der Waals surface area contributed by atoms with Crippen molar-refractivity contribution in [3.05, 3.63) is 30.1 Å². The smallest absolute Gasteiger partial charge is 0.233 e. The van der Waals surface area contributed by atoms with Gasteiger partial charge in [-0.1, -0.05) is 36.7 Å². The van der Waals surface area contributed by atoms with Gasteiger partial charge in [0.05, 0.1) is 5.25 Å². The van der Waals surface area contributed by atoms with E-state index in [1.54, 1.807) is 12.1 Å². The first-order valence-electron chi connectivity index (χ1n) is 7.98. The topological polar surface area (TPSA) is 85.8 Å².